The van der Waals surface area contributed by atoms with Gasteiger partial charge in [-0.15, -0.1) is 0 Å². The molecule has 0 bridgehead atoms. The van der Waals surface area contributed by atoms with Crippen LogP contribution in [-0.2, 0) is 10.0 Å². The second-order valence-corrected chi connectivity index (χ2v) is 7.90. The van der Waals surface area contributed by atoms with Gasteiger partial charge in [-0.3, -0.25) is 0 Å². The minimum Gasteiger partial charge on any atom is -0.324 e. The first-order valence-corrected chi connectivity index (χ1v) is 8.83. The molecule has 2 fully saturated rings. The first kappa shape index (κ1) is 14.0. The van der Waals surface area contributed by atoms with E-state index < -0.39 is 10.0 Å². The van der Waals surface area contributed by atoms with Crippen LogP contribution < -0.4 is 10.5 Å². The van der Waals surface area contributed by atoms with Gasteiger partial charge in [0.1, 0.15) is 0 Å². The van der Waals surface area contributed by atoms with Crippen molar-refractivity contribution in [3.05, 3.63) is 29.8 Å². The molecule has 0 heterocycles. The largest absolute Gasteiger partial charge is 0.324 e. The molecular formula is C15H22N2O2S. The molecule has 2 saturated carbocycles. The minimum atomic E-state index is -3.43. The van der Waals surface area contributed by atoms with Gasteiger partial charge in [0, 0.05) is 12.1 Å². The van der Waals surface area contributed by atoms with Gasteiger partial charge in [0.25, 0.3) is 0 Å². The van der Waals surface area contributed by atoms with Gasteiger partial charge in [-0.2, -0.15) is 0 Å². The van der Waals surface area contributed by atoms with Crippen LogP contribution in [0.4, 0.5) is 0 Å². The molecule has 3 N–H and O–H groups in total. The van der Waals surface area contributed by atoms with Gasteiger partial charge in [0.15, 0.2) is 0 Å². The zero-order valence-corrected chi connectivity index (χ0v) is 12.6. The molecule has 0 saturated heterocycles. The van der Waals surface area contributed by atoms with Crippen LogP contribution in [0, 0.1) is 11.8 Å². The summed E-state index contributed by atoms with van der Waals surface area (Å²) in [7, 11) is -3.43. The normalized spacial score (nSPS) is 21.1. The predicted octanol–water partition coefficient (Wildman–Crippen LogP) is 2.17. The summed E-state index contributed by atoms with van der Waals surface area (Å²) < 4.78 is 28.0. The molecular weight excluding hydrogens is 272 g/mol. The Hall–Kier alpha value is -0.910. The van der Waals surface area contributed by atoms with Gasteiger partial charge in [0.2, 0.25) is 10.0 Å². The van der Waals surface area contributed by atoms with Gasteiger partial charge in [-0.25, -0.2) is 13.1 Å². The van der Waals surface area contributed by atoms with Crippen molar-refractivity contribution in [1.29, 1.82) is 0 Å². The molecule has 3 rings (SSSR count). The van der Waals surface area contributed by atoms with E-state index in [9.17, 15) is 8.42 Å². The molecule has 1 atom stereocenters. The molecule has 1 aromatic carbocycles. The molecule has 0 amide bonds. The Kier molecular flexibility index (Phi) is 3.60. The molecule has 20 heavy (non-hydrogen) atoms. The number of hydrogen-bond donors (Lipinski definition) is 2. The summed E-state index contributed by atoms with van der Waals surface area (Å²) in [6, 6.07) is 6.93. The van der Waals surface area contributed by atoms with Crippen molar-refractivity contribution in [3.63, 3.8) is 0 Å². The van der Waals surface area contributed by atoms with Crippen LogP contribution in [0.25, 0.3) is 0 Å². The number of nitrogens with one attached hydrogen (secondary N) is 1. The average Bonchev–Trinajstić information content (AvgIpc) is 3.29. The maximum atomic E-state index is 12.5. The Balaban J connectivity index is 1.81. The van der Waals surface area contributed by atoms with E-state index in [1.807, 2.05) is 13.0 Å². The number of nitrogens with two attached hydrogens (primary N) is 1. The zero-order chi connectivity index (χ0) is 14.3. The molecule has 2 aliphatic rings. The topological polar surface area (TPSA) is 72.2 Å². The monoisotopic (exact) mass is 294 g/mol. The van der Waals surface area contributed by atoms with E-state index in [4.69, 9.17) is 5.73 Å². The molecule has 0 aromatic heterocycles. The number of sulfonamides is 1. The molecule has 0 aliphatic heterocycles. The van der Waals surface area contributed by atoms with E-state index in [0.717, 1.165) is 31.2 Å². The van der Waals surface area contributed by atoms with Crippen molar-refractivity contribution < 1.29 is 8.42 Å². The van der Waals surface area contributed by atoms with Crippen LogP contribution in [0.5, 0.6) is 0 Å². The molecule has 1 unspecified atom stereocenters. The maximum absolute atomic E-state index is 12.5. The highest BCUT2D eigenvalue weighted by molar-refractivity contribution is 7.89. The van der Waals surface area contributed by atoms with Crippen molar-refractivity contribution in [1.82, 2.24) is 4.72 Å². The summed E-state index contributed by atoms with van der Waals surface area (Å²) >= 11 is 0. The predicted molar refractivity (Wildman–Crippen MR) is 78.6 cm³/mol. The van der Waals surface area contributed by atoms with E-state index in [1.54, 1.807) is 18.2 Å². The van der Waals surface area contributed by atoms with E-state index >= 15 is 0 Å². The molecule has 4 nitrogen and oxygen atoms in total. The Labute approximate surface area is 120 Å². The van der Waals surface area contributed by atoms with Crippen LogP contribution in [0.2, 0.25) is 0 Å². The smallest absolute Gasteiger partial charge is 0.240 e. The zero-order valence-electron chi connectivity index (χ0n) is 11.7. The van der Waals surface area contributed by atoms with Crippen LogP contribution in [0.3, 0.4) is 0 Å². The lowest BCUT2D eigenvalue weighted by molar-refractivity contribution is 0.471. The van der Waals surface area contributed by atoms with Crippen LogP contribution in [0.15, 0.2) is 29.2 Å². The lowest BCUT2D eigenvalue weighted by Crippen LogP contribution is -2.38. The molecule has 0 spiro atoms. The van der Waals surface area contributed by atoms with Crippen LogP contribution in [0.1, 0.15) is 44.2 Å². The number of benzene rings is 1. The summed E-state index contributed by atoms with van der Waals surface area (Å²) in [4.78, 5) is 0.332. The third-order valence-electron chi connectivity index (χ3n) is 4.25. The van der Waals surface area contributed by atoms with E-state index in [1.165, 1.54) is 0 Å². The van der Waals surface area contributed by atoms with Crippen molar-refractivity contribution >= 4 is 10.0 Å². The minimum absolute atomic E-state index is 0.138. The number of hydrogen-bond acceptors (Lipinski definition) is 3. The van der Waals surface area contributed by atoms with Gasteiger partial charge >= 0.3 is 0 Å². The SMILES string of the molecule is CC(N)c1cccc(S(=O)(=O)NC(C2CC2)C2CC2)c1. The molecule has 0 radical (unpaired) electrons. The van der Waals surface area contributed by atoms with Crippen LogP contribution >= 0.6 is 0 Å². The van der Waals surface area contributed by atoms with Crippen molar-refractivity contribution in [2.24, 2.45) is 17.6 Å². The lowest BCUT2D eigenvalue weighted by atomic mass is 10.1. The van der Waals surface area contributed by atoms with Gasteiger partial charge < -0.3 is 5.73 Å². The fourth-order valence-corrected chi connectivity index (χ4v) is 4.13. The Morgan fingerprint density at radius 1 is 1.20 bits per heavy atom. The Morgan fingerprint density at radius 2 is 1.80 bits per heavy atom. The first-order chi connectivity index (χ1) is 9.47. The van der Waals surface area contributed by atoms with Crippen molar-refractivity contribution in [3.8, 4) is 0 Å². The highest BCUT2D eigenvalue weighted by Crippen LogP contribution is 2.45. The third kappa shape index (κ3) is 3.05. The van der Waals surface area contributed by atoms with Crippen molar-refractivity contribution in [2.45, 2.75) is 49.6 Å². The molecule has 5 heteroatoms. The Morgan fingerprint density at radius 3 is 2.30 bits per heavy atom. The third-order valence-corrected chi connectivity index (χ3v) is 5.70. The second kappa shape index (κ2) is 5.13. The number of rotatable bonds is 6. The summed E-state index contributed by atoms with van der Waals surface area (Å²) in [5.41, 5.74) is 6.68. The summed E-state index contributed by atoms with van der Waals surface area (Å²) in [6.45, 7) is 1.86. The first-order valence-electron chi connectivity index (χ1n) is 7.35. The molecule has 110 valence electrons. The highest BCUT2D eigenvalue weighted by atomic mass is 32.2. The van der Waals surface area contributed by atoms with Crippen molar-refractivity contribution in [2.75, 3.05) is 0 Å². The molecule has 1 aromatic rings. The standard InChI is InChI=1S/C15H22N2O2S/c1-10(16)13-3-2-4-14(9-13)20(18,19)17-15(11-5-6-11)12-7-8-12/h2-4,9-12,15,17H,5-8,16H2,1H3. The lowest BCUT2D eigenvalue weighted by Gasteiger charge is -2.18. The van der Waals surface area contributed by atoms with E-state index in [2.05, 4.69) is 4.72 Å². The van der Waals surface area contributed by atoms with E-state index in [0.29, 0.717) is 16.7 Å². The fourth-order valence-electron chi connectivity index (χ4n) is 2.70. The van der Waals surface area contributed by atoms with Gasteiger partial charge in [-0.05, 0) is 62.1 Å². The maximum Gasteiger partial charge on any atom is 0.240 e. The van der Waals surface area contributed by atoms with Crippen LogP contribution in [-0.4, -0.2) is 14.5 Å². The quantitative estimate of drug-likeness (QED) is 0.844. The van der Waals surface area contributed by atoms with E-state index in [-0.39, 0.29) is 12.1 Å². The van der Waals surface area contributed by atoms with Gasteiger partial charge in [0.05, 0.1) is 4.90 Å². The summed E-state index contributed by atoms with van der Waals surface area (Å²) in [6.07, 6.45) is 4.63. The molecule has 2 aliphatic carbocycles. The summed E-state index contributed by atoms with van der Waals surface area (Å²) in [5.74, 6) is 1.10. The summed E-state index contributed by atoms with van der Waals surface area (Å²) in [5, 5.41) is 0. The Bertz CT molecular complexity index is 578. The average molecular weight is 294 g/mol. The van der Waals surface area contributed by atoms with Gasteiger partial charge in [-0.1, -0.05) is 12.1 Å². The highest BCUT2D eigenvalue weighted by Gasteiger charge is 2.43. The fraction of sp³-hybridized carbons (Fsp3) is 0.600. The second-order valence-electron chi connectivity index (χ2n) is 6.18.